The van der Waals surface area contributed by atoms with Crippen LogP contribution < -0.4 is 15.4 Å². The molecule has 0 radical (unpaired) electrons. The second kappa shape index (κ2) is 10.6. The molecule has 0 spiro atoms. The number of nitrogens with zero attached hydrogens (tertiary/aromatic N) is 1. The smallest absolute Gasteiger partial charge is 0.191 e. The second-order valence-electron chi connectivity index (χ2n) is 5.35. The Morgan fingerprint density at radius 1 is 1.39 bits per heavy atom. The molecule has 7 heteroatoms. The van der Waals surface area contributed by atoms with Gasteiger partial charge in [-0.05, 0) is 44.0 Å². The highest BCUT2D eigenvalue weighted by atomic mass is 127. The summed E-state index contributed by atoms with van der Waals surface area (Å²) >= 11 is 0. The fourth-order valence-corrected chi connectivity index (χ4v) is 2.26. The first-order valence-electron chi connectivity index (χ1n) is 7.65. The van der Waals surface area contributed by atoms with Gasteiger partial charge < -0.3 is 20.1 Å². The summed E-state index contributed by atoms with van der Waals surface area (Å²) < 4.78 is 24.1. The summed E-state index contributed by atoms with van der Waals surface area (Å²) in [7, 11) is 1.73. The van der Waals surface area contributed by atoms with E-state index in [1.165, 1.54) is 12.1 Å². The Hall–Kier alpha value is -1.09. The van der Waals surface area contributed by atoms with Gasteiger partial charge in [-0.2, -0.15) is 0 Å². The largest absolute Gasteiger partial charge is 0.489 e. The number of nitrogens with one attached hydrogen (secondary N) is 2. The van der Waals surface area contributed by atoms with Crippen LogP contribution in [-0.2, 0) is 4.74 Å². The van der Waals surface area contributed by atoms with Gasteiger partial charge in [-0.25, -0.2) is 4.39 Å². The molecule has 2 N–H and O–H groups in total. The van der Waals surface area contributed by atoms with E-state index in [0.717, 1.165) is 32.0 Å². The summed E-state index contributed by atoms with van der Waals surface area (Å²) in [5.74, 6) is 1.11. The number of rotatable bonds is 6. The maximum absolute atomic E-state index is 12.8. The monoisotopic (exact) mass is 437 g/mol. The molecular weight excluding hydrogens is 412 g/mol. The van der Waals surface area contributed by atoms with Crippen LogP contribution in [0.2, 0.25) is 0 Å². The molecule has 0 saturated carbocycles. The van der Waals surface area contributed by atoms with Crippen molar-refractivity contribution in [1.29, 1.82) is 0 Å². The molecule has 23 heavy (non-hydrogen) atoms. The van der Waals surface area contributed by atoms with Crippen molar-refractivity contribution < 1.29 is 13.9 Å². The molecule has 1 heterocycles. The average molecular weight is 437 g/mol. The fraction of sp³-hybridized carbons (Fsp3) is 0.562. The van der Waals surface area contributed by atoms with Crippen LogP contribution in [0.4, 0.5) is 4.39 Å². The Labute approximate surface area is 154 Å². The number of hydrogen-bond acceptors (Lipinski definition) is 3. The maximum atomic E-state index is 12.8. The lowest BCUT2D eigenvalue weighted by atomic mass is 10.2. The molecule has 2 atom stereocenters. The van der Waals surface area contributed by atoms with Gasteiger partial charge in [-0.3, -0.25) is 4.99 Å². The van der Waals surface area contributed by atoms with E-state index in [0.29, 0.717) is 12.3 Å². The number of hydrogen-bond donors (Lipinski definition) is 2. The van der Waals surface area contributed by atoms with E-state index in [-0.39, 0.29) is 42.0 Å². The summed E-state index contributed by atoms with van der Waals surface area (Å²) in [6.45, 7) is 4.15. The van der Waals surface area contributed by atoms with E-state index in [9.17, 15) is 4.39 Å². The first kappa shape index (κ1) is 20.0. The summed E-state index contributed by atoms with van der Waals surface area (Å²) in [5, 5.41) is 6.46. The van der Waals surface area contributed by atoms with Crippen LogP contribution in [0, 0.1) is 5.82 Å². The normalized spacial score (nSPS) is 18.9. The van der Waals surface area contributed by atoms with E-state index < -0.39 is 0 Å². The number of aliphatic imine (C=N–C) groups is 1. The molecule has 1 aliphatic rings. The Morgan fingerprint density at radius 3 is 2.74 bits per heavy atom. The van der Waals surface area contributed by atoms with Gasteiger partial charge in [0.2, 0.25) is 0 Å². The summed E-state index contributed by atoms with van der Waals surface area (Å²) in [4.78, 5) is 4.17. The number of guanidine groups is 1. The van der Waals surface area contributed by atoms with Crippen LogP contribution in [0.1, 0.15) is 19.8 Å². The third-order valence-electron chi connectivity index (χ3n) is 3.45. The Morgan fingerprint density at radius 2 is 2.13 bits per heavy atom. The number of benzene rings is 1. The van der Waals surface area contributed by atoms with Crippen molar-refractivity contribution in [3.05, 3.63) is 30.1 Å². The number of ether oxygens (including phenoxy) is 2. The second-order valence-corrected chi connectivity index (χ2v) is 5.35. The van der Waals surface area contributed by atoms with Crippen molar-refractivity contribution in [2.45, 2.75) is 32.0 Å². The minimum absolute atomic E-state index is 0. The van der Waals surface area contributed by atoms with Gasteiger partial charge >= 0.3 is 0 Å². The summed E-state index contributed by atoms with van der Waals surface area (Å²) in [6.07, 6.45) is 2.42. The topological polar surface area (TPSA) is 54.9 Å². The van der Waals surface area contributed by atoms with E-state index >= 15 is 0 Å². The zero-order chi connectivity index (χ0) is 15.8. The van der Waals surface area contributed by atoms with Crippen molar-refractivity contribution in [2.24, 2.45) is 4.99 Å². The van der Waals surface area contributed by atoms with Crippen LogP contribution in [-0.4, -0.2) is 44.9 Å². The molecule has 1 aromatic rings. The maximum Gasteiger partial charge on any atom is 0.191 e. The zero-order valence-electron chi connectivity index (χ0n) is 13.5. The molecule has 1 aromatic carbocycles. The third-order valence-corrected chi connectivity index (χ3v) is 3.45. The molecule has 1 fully saturated rings. The van der Waals surface area contributed by atoms with Crippen LogP contribution in [0.15, 0.2) is 29.3 Å². The highest BCUT2D eigenvalue weighted by molar-refractivity contribution is 14.0. The Kier molecular flexibility index (Phi) is 9.23. The van der Waals surface area contributed by atoms with Gasteiger partial charge in [-0.1, -0.05) is 0 Å². The first-order valence-corrected chi connectivity index (χ1v) is 7.65. The molecule has 0 bridgehead atoms. The van der Waals surface area contributed by atoms with E-state index in [4.69, 9.17) is 9.47 Å². The van der Waals surface area contributed by atoms with E-state index in [2.05, 4.69) is 15.6 Å². The SMILES string of the molecule is CN=C(NCC(C)Oc1ccc(F)cc1)NCC1CCCO1.I. The van der Waals surface area contributed by atoms with Crippen LogP contribution in [0.25, 0.3) is 0 Å². The fourth-order valence-electron chi connectivity index (χ4n) is 2.26. The molecule has 5 nitrogen and oxygen atoms in total. The molecule has 1 aliphatic heterocycles. The molecule has 0 aromatic heterocycles. The molecule has 0 amide bonds. The molecule has 0 aliphatic carbocycles. The molecule has 2 rings (SSSR count). The summed E-state index contributed by atoms with van der Waals surface area (Å²) in [5.41, 5.74) is 0. The Bertz CT molecular complexity index is 479. The van der Waals surface area contributed by atoms with Crippen LogP contribution in [0.3, 0.4) is 0 Å². The van der Waals surface area contributed by atoms with Gasteiger partial charge in [0.25, 0.3) is 0 Å². The zero-order valence-corrected chi connectivity index (χ0v) is 15.9. The molecular formula is C16H25FIN3O2. The summed E-state index contributed by atoms with van der Waals surface area (Å²) in [6, 6.07) is 6.02. The minimum atomic E-state index is -0.267. The lowest BCUT2D eigenvalue weighted by Gasteiger charge is -2.18. The highest BCUT2D eigenvalue weighted by Crippen LogP contribution is 2.13. The van der Waals surface area contributed by atoms with Crippen LogP contribution in [0.5, 0.6) is 5.75 Å². The van der Waals surface area contributed by atoms with Crippen molar-refractivity contribution >= 4 is 29.9 Å². The lowest BCUT2D eigenvalue weighted by Crippen LogP contribution is -2.44. The minimum Gasteiger partial charge on any atom is -0.489 e. The third kappa shape index (κ3) is 7.34. The predicted molar refractivity (Wildman–Crippen MR) is 100 cm³/mol. The first-order chi connectivity index (χ1) is 10.7. The van der Waals surface area contributed by atoms with Gasteiger partial charge in [0, 0.05) is 20.2 Å². The molecule has 130 valence electrons. The van der Waals surface area contributed by atoms with E-state index in [1.54, 1.807) is 19.2 Å². The molecule has 2 unspecified atom stereocenters. The quantitative estimate of drug-likeness (QED) is 0.408. The van der Waals surface area contributed by atoms with Crippen molar-refractivity contribution in [3.8, 4) is 5.75 Å². The average Bonchev–Trinajstić information content (AvgIpc) is 3.03. The highest BCUT2D eigenvalue weighted by Gasteiger charge is 2.15. The van der Waals surface area contributed by atoms with Crippen molar-refractivity contribution in [2.75, 3.05) is 26.7 Å². The number of halogens is 2. The van der Waals surface area contributed by atoms with Gasteiger partial charge in [0.1, 0.15) is 17.7 Å². The van der Waals surface area contributed by atoms with Crippen LogP contribution >= 0.6 is 24.0 Å². The van der Waals surface area contributed by atoms with E-state index in [1.807, 2.05) is 6.92 Å². The van der Waals surface area contributed by atoms with Gasteiger partial charge in [0.05, 0.1) is 12.6 Å². The van der Waals surface area contributed by atoms with Gasteiger partial charge in [0.15, 0.2) is 5.96 Å². The van der Waals surface area contributed by atoms with Crippen molar-refractivity contribution in [1.82, 2.24) is 10.6 Å². The predicted octanol–water partition coefficient (Wildman–Crippen LogP) is 2.56. The standard InChI is InChI=1S/C16H24FN3O2.HI/c1-12(22-14-7-5-13(17)6-8-14)10-19-16(18-2)20-11-15-4-3-9-21-15;/h5-8,12,15H,3-4,9-11H2,1-2H3,(H2,18,19,20);1H. The lowest BCUT2D eigenvalue weighted by molar-refractivity contribution is 0.113. The van der Waals surface area contributed by atoms with Gasteiger partial charge in [-0.15, -0.1) is 24.0 Å². The Balaban J connectivity index is 0.00000264. The molecule has 1 saturated heterocycles. The van der Waals surface area contributed by atoms with Crippen molar-refractivity contribution in [3.63, 3.8) is 0 Å².